The Kier molecular flexibility index (Phi) is 3.03. The van der Waals surface area contributed by atoms with E-state index in [0.29, 0.717) is 11.4 Å². The molecule has 1 aliphatic rings. The van der Waals surface area contributed by atoms with Crippen LogP contribution in [0.25, 0.3) is 11.4 Å². The van der Waals surface area contributed by atoms with Crippen LogP contribution in [0.4, 0.5) is 13.2 Å². The molecule has 0 fully saturated rings. The SMILES string of the molecule is CC1CCCc2nc(-c3cccc(C(F)(F)F)c3)nn21. The first kappa shape index (κ1) is 13.1. The van der Waals surface area contributed by atoms with Crippen molar-refractivity contribution in [1.29, 1.82) is 0 Å². The lowest BCUT2D eigenvalue weighted by molar-refractivity contribution is -0.137. The maximum absolute atomic E-state index is 12.7. The summed E-state index contributed by atoms with van der Waals surface area (Å²) in [6.07, 6.45) is -1.45. The first-order valence-corrected chi connectivity index (χ1v) is 6.58. The normalized spacial score (nSPS) is 18.9. The molecule has 1 aliphatic heterocycles. The van der Waals surface area contributed by atoms with Crippen LogP contribution < -0.4 is 0 Å². The fourth-order valence-electron chi connectivity index (χ4n) is 2.51. The Hall–Kier alpha value is -1.85. The summed E-state index contributed by atoms with van der Waals surface area (Å²) < 4.78 is 40.0. The third kappa shape index (κ3) is 2.30. The molecule has 106 valence electrons. The summed E-state index contributed by atoms with van der Waals surface area (Å²) in [5.74, 6) is 1.23. The highest BCUT2D eigenvalue weighted by Gasteiger charge is 2.31. The molecule has 1 atom stereocenters. The maximum atomic E-state index is 12.7. The van der Waals surface area contributed by atoms with E-state index in [4.69, 9.17) is 0 Å². The second-order valence-corrected chi connectivity index (χ2v) is 5.12. The molecule has 0 saturated heterocycles. The number of fused-ring (bicyclic) bond motifs is 1. The van der Waals surface area contributed by atoms with Crippen LogP contribution in [0, 0.1) is 0 Å². The van der Waals surface area contributed by atoms with Crippen LogP contribution in [0.15, 0.2) is 24.3 Å². The van der Waals surface area contributed by atoms with E-state index in [9.17, 15) is 13.2 Å². The summed E-state index contributed by atoms with van der Waals surface area (Å²) in [6, 6.07) is 5.42. The van der Waals surface area contributed by atoms with Gasteiger partial charge in [-0.15, -0.1) is 0 Å². The third-order valence-electron chi connectivity index (χ3n) is 3.59. The average Bonchev–Trinajstić information content (AvgIpc) is 2.83. The van der Waals surface area contributed by atoms with Crippen molar-refractivity contribution in [3.63, 3.8) is 0 Å². The Morgan fingerprint density at radius 3 is 2.80 bits per heavy atom. The highest BCUT2D eigenvalue weighted by molar-refractivity contribution is 5.56. The summed E-state index contributed by atoms with van der Waals surface area (Å²) in [4.78, 5) is 4.38. The number of hydrogen-bond acceptors (Lipinski definition) is 2. The van der Waals surface area contributed by atoms with Crippen LogP contribution >= 0.6 is 0 Å². The van der Waals surface area contributed by atoms with E-state index in [2.05, 4.69) is 10.1 Å². The summed E-state index contributed by atoms with van der Waals surface area (Å²) >= 11 is 0. The molecule has 0 radical (unpaired) electrons. The van der Waals surface area contributed by atoms with Gasteiger partial charge in [0, 0.05) is 12.0 Å². The van der Waals surface area contributed by atoms with E-state index < -0.39 is 11.7 Å². The predicted octanol–water partition coefficient (Wildman–Crippen LogP) is 3.86. The molecule has 1 aromatic carbocycles. The monoisotopic (exact) mass is 281 g/mol. The van der Waals surface area contributed by atoms with Crippen LogP contribution in [-0.4, -0.2) is 14.8 Å². The minimum absolute atomic E-state index is 0.255. The number of rotatable bonds is 1. The molecule has 0 saturated carbocycles. The minimum Gasteiger partial charge on any atom is -0.247 e. The van der Waals surface area contributed by atoms with Gasteiger partial charge in [-0.05, 0) is 31.9 Å². The maximum Gasteiger partial charge on any atom is 0.416 e. The Labute approximate surface area is 114 Å². The number of hydrogen-bond donors (Lipinski definition) is 0. The predicted molar refractivity (Wildman–Crippen MR) is 68.1 cm³/mol. The molecule has 0 bridgehead atoms. The van der Waals surface area contributed by atoms with Gasteiger partial charge in [-0.3, -0.25) is 0 Å². The molecular weight excluding hydrogens is 267 g/mol. The quantitative estimate of drug-likeness (QED) is 0.794. The minimum atomic E-state index is -4.34. The van der Waals surface area contributed by atoms with Gasteiger partial charge in [0.1, 0.15) is 5.82 Å². The van der Waals surface area contributed by atoms with E-state index in [1.165, 1.54) is 6.07 Å². The second kappa shape index (κ2) is 4.61. The number of benzene rings is 1. The van der Waals surface area contributed by atoms with Crippen molar-refractivity contribution in [2.75, 3.05) is 0 Å². The zero-order valence-corrected chi connectivity index (χ0v) is 11.0. The lowest BCUT2D eigenvalue weighted by atomic mass is 10.1. The van der Waals surface area contributed by atoms with Gasteiger partial charge < -0.3 is 0 Å². The zero-order valence-electron chi connectivity index (χ0n) is 11.0. The Morgan fingerprint density at radius 2 is 2.10 bits per heavy atom. The fourth-order valence-corrected chi connectivity index (χ4v) is 2.51. The first-order chi connectivity index (χ1) is 9.45. The molecule has 3 nitrogen and oxygen atoms in total. The number of alkyl halides is 3. The van der Waals surface area contributed by atoms with E-state index in [1.54, 1.807) is 6.07 Å². The van der Waals surface area contributed by atoms with E-state index in [1.807, 2.05) is 11.6 Å². The molecule has 3 rings (SSSR count). The average molecular weight is 281 g/mol. The highest BCUT2D eigenvalue weighted by atomic mass is 19.4. The summed E-state index contributed by atoms with van der Waals surface area (Å²) in [5.41, 5.74) is -0.259. The number of halogens is 3. The lowest BCUT2D eigenvalue weighted by Crippen LogP contribution is -2.16. The molecule has 1 aromatic heterocycles. The molecule has 0 aliphatic carbocycles. The summed E-state index contributed by atoms with van der Waals surface area (Å²) in [7, 11) is 0. The van der Waals surface area contributed by atoms with Crippen molar-refractivity contribution in [3.8, 4) is 11.4 Å². The largest absolute Gasteiger partial charge is 0.416 e. The van der Waals surface area contributed by atoms with E-state index >= 15 is 0 Å². The van der Waals surface area contributed by atoms with Crippen molar-refractivity contribution in [2.45, 2.75) is 38.4 Å². The molecule has 0 N–H and O–H groups in total. The lowest BCUT2D eigenvalue weighted by Gasteiger charge is -2.18. The standard InChI is InChI=1S/C14H14F3N3/c1-9-4-2-7-12-18-13(19-20(9)12)10-5-3-6-11(8-10)14(15,16)17/h3,5-6,8-9H,2,4,7H2,1H3. The van der Waals surface area contributed by atoms with Crippen LogP contribution in [0.1, 0.15) is 37.2 Å². The fraction of sp³-hybridized carbons (Fsp3) is 0.429. The van der Waals surface area contributed by atoms with Gasteiger partial charge in [0.25, 0.3) is 0 Å². The first-order valence-electron chi connectivity index (χ1n) is 6.58. The molecule has 0 amide bonds. The zero-order chi connectivity index (χ0) is 14.3. The summed E-state index contributed by atoms with van der Waals surface area (Å²) in [5, 5.41) is 4.36. The van der Waals surface area contributed by atoms with Crippen molar-refractivity contribution in [2.24, 2.45) is 0 Å². The van der Waals surface area contributed by atoms with Gasteiger partial charge in [-0.25, -0.2) is 9.67 Å². The topological polar surface area (TPSA) is 30.7 Å². The van der Waals surface area contributed by atoms with Crippen LogP contribution in [0.2, 0.25) is 0 Å². The third-order valence-corrected chi connectivity index (χ3v) is 3.59. The van der Waals surface area contributed by atoms with Crippen LogP contribution in [0.3, 0.4) is 0 Å². The van der Waals surface area contributed by atoms with Crippen molar-refractivity contribution in [3.05, 3.63) is 35.7 Å². The van der Waals surface area contributed by atoms with Gasteiger partial charge in [-0.1, -0.05) is 12.1 Å². The van der Waals surface area contributed by atoms with E-state index in [-0.39, 0.29) is 6.04 Å². The van der Waals surface area contributed by atoms with Crippen LogP contribution in [0.5, 0.6) is 0 Å². The molecule has 20 heavy (non-hydrogen) atoms. The molecule has 1 unspecified atom stereocenters. The van der Waals surface area contributed by atoms with Gasteiger partial charge in [0.15, 0.2) is 5.82 Å². The van der Waals surface area contributed by atoms with E-state index in [0.717, 1.165) is 37.2 Å². The second-order valence-electron chi connectivity index (χ2n) is 5.12. The Balaban J connectivity index is 2.02. The highest BCUT2D eigenvalue weighted by Crippen LogP contribution is 2.32. The van der Waals surface area contributed by atoms with Crippen LogP contribution in [-0.2, 0) is 12.6 Å². The molecule has 6 heteroatoms. The molecule has 2 heterocycles. The van der Waals surface area contributed by atoms with Gasteiger partial charge >= 0.3 is 6.18 Å². The van der Waals surface area contributed by atoms with Gasteiger partial charge in [-0.2, -0.15) is 18.3 Å². The Bertz CT molecular complexity index is 631. The summed E-state index contributed by atoms with van der Waals surface area (Å²) in [6.45, 7) is 2.05. The number of aromatic nitrogens is 3. The van der Waals surface area contributed by atoms with Gasteiger partial charge in [0.2, 0.25) is 0 Å². The number of nitrogens with zero attached hydrogens (tertiary/aromatic N) is 3. The van der Waals surface area contributed by atoms with Crippen molar-refractivity contribution in [1.82, 2.24) is 14.8 Å². The van der Waals surface area contributed by atoms with Gasteiger partial charge in [0.05, 0.1) is 11.6 Å². The molecular formula is C14H14F3N3. The van der Waals surface area contributed by atoms with Crippen molar-refractivity contribution >= 4 is 0 Å². The van der Waals surface area contributed by atoms with Crippen molar-refractivity contribution < 1.29 is 13.2 Å². The Morgan fingerprint density at radius 1 is 1.30 bits per heavy atom. The molecule has 0 spiro atoms. The molecule has 2 aromatic rings. The number of aryl methyl sites for hydroxylation is 1. The smallest absolute Gasteiger partial charge is 0.247 e.